The molecule has 1 saturated heterocycles. The molecule has 0 bridgehead atoms. The highest BCUT2D eigenvalue weighted by molar-refractivity contribution is 5.77. The maximum Gasteiger partial charge on any atom is 0.317 e. The van der Waals surface area contributed by atoms with Gasteiger partial charge < -0.3 is 19.5 Å². The number of hydrogen-bond donors (Lipinski definition) is 1. The van der Waals surface area contributed by atoms with Gasteiger partial charge in [0, 0.05) is 33.1 Å². The molecule has 1 aromatic rings. The molecule has 0 aromatic carbocycles. The third-order valence-corrected chi connectivity index (χ3v) is 4.86. The lowest BCUT2D eigenvalue weighted by Crippen LogP contribution is -2.47. The third kappa shape index (κ3) is 5.51. The molecule has 0 saturated carbocycles. The largest absolute Gasteiger partial charge is 0.467 e. The number of amides is 3. The SMILES string of the molecule is CC(C)CNC(=O)N1CCCC(CC(=O)N(C)C(C)c2ccco2)C1. The van der Waals surface area contributed by atoms with E-state index in [1.165, 1.54) is 0 Å². The zero-order chi connectivity index (χ0) is 18.4. The number of likely N-dealkylation sites (tertiary alicyclic amines) is 1. The van der Waals surface area contributed by atoms with Crippen LogP contribution in [-0.4, -0.2) is 48.4 Å². The summed E-state index contributed by atoms with van der Waals surface area (Å²) in [7, 11) is 1.81. The summed E-state index contributed by atoms with van der Waals surface area (Å²) in [6, 6.07) is 3.62. The first-order valence-corrected chi connectivity index (χ1v) is 9.20. The predicted octanol–water partition coefficient (Wildman–Crippen LogP) is 3.27. The number of hydrogen-bond acceptors (Lipinski definition) is 3. The van der Waals surface area contributed by atoms with Crippen LogP contribution in [0.5, 0.6) is 0 Å². The molecule has 2 atom stereocenters. The van der Waals surface area contributed by atoms with Crippen LogP contribution >= 0.6 is 0 Å². The molecule has 1 aliphatic heterocycles. The number of piperidine rings is 1. The summed E-state index contributed by atoms with van der Waals surface area (Å²) in [5.74, 6) is 1.53. The fourth-order valence-corrected chi connectivity index (χ4v) is 3.15. The number of carbonyl (C=O) groups excluding carboxylic acids is 2. The van der Waals surface area contributed by atoms with Crippen molar-refractivity contribution in [1.29, 1.82) is 0 Å². The molecule has 1 aromatic heterocycles. The average Bonchev–Trinajstić information content (AvgIpc) is 3.13. The Kier molecular flexibility index (Phi) is 6.91. The molecular weight excluding hydrogens is 318 g/mol. The van der Waals surface area contributed by atoms with Crippen molar-refractivity contribution in [2.45, 2.75) is 46.1 Å². The first kappa shape index (κ1) is 19.3. The molecule has 2 rings (SSSR count). The van der Waals surface area contributed by atoms with Crippen LogP contribution in [0.3, 0.4) is 0 Å². The quantitative estimate of drug-likeness (QED) is 0.857. The Bertz CT molecular complexity index is 556. The molecule has 6 nitrogen and oxygen atoms in total. The van der Waals surface area contributed by atoms with Gasteiger partial charge in [0.15, 0.2) is 0 Å². The number of urea groups is 1. The molecule has 2 heterocycles. The maximum atomic E-state index is 12.6. The number of rotatable bonds is 6. The maximum absolute atomic E-state index is 12.6. The van der Waals surface area contributed by atoms with Crippen molar-refractivity contribution in [3.63, 3.8) is 0 Å². The lowest BCUT2D eigenvalue weighted by atomic mass is 9.94. The molecule has 1 fully saturated rings. The molecule has 2 unspecified atom stereocenters. The molecule has 6 heteroatoms. The van der Waals surface area contributed by atoms with Crippen molar-refractivity contribution < 1.29 is 14.0 Å². The van der Waals surface area contributed by atoms with Crippen LogP contribution in [0.1, 0.15) is 51.8 Å². The van der Waals surface area contributed by atoms with Crippen molar-refractivity contribution in [3.05, 3.63) is 24.2 Å². The van der Waals surface area contributed by atoms with E-state index < -0.39 is 0 Å². The van der Waals surface area contributed by atoms with Gasteiger partial charge in [0.05, 0.1) is 12.3 Å². The lowest BCUT2D eigenvalue weighted by Gasteiger charge is -2.34. The zero-order valence-corrected chi connectivity index (χ0v) is 15.8. The van der Waals surface area contributed by atoms with E-state index in [4.69, 9.17) is 4.42 Å². The first-order chi connectivity index (χ1) is 11.9. The molecular formula is C19H31N3O3. The minimum Gasteiger partial charge on any atom is -0.467 e. The second-order valence-corrected chi connectivity index (χ2v) is 7.43. The van der Waals surface area contributed by atoms with Gasteiger partial charge in [-0.25, -0.2) is 4.79 Å². The summed E-state index contributed by atoms with van der Waals surface area (Å²) in [5, 5.41) is 2.96. The highest BCUT2D eigenvalue weighted by Crippen LogP contribution is 2.24. The van der Waals surface area contributed by atoms with Crippen molar-refractivity contribution in [2.24, 2.45) is 11.8 Å². The second-order valence-electron chi connectivity index (χ2n) is 7.43. The van der Waals surface area contributed by atoms with E-state index in [0.717, 1.165) is 25.1 Å². The predicted molar refractivity (Wildman–Crippen MR) is 97.0 cm³/mol. The van der Waals surface area contributed by atoms with Gasteiger partial charge in [0.1, 0.15) is 5.76 Å². The van der Waals surface area contributed by atoms with E-state index in [0.29, 0.717) is 25.4 Å². The van der Waals surface area contributed by atoms with Gasteiger partial charge in [-0.2, -0.15) is 0 Å². The minimum absolute atomic E-state index is 0.0110. The Morgan fingerprint density at radius 2 is 2.16 bits per heavy atom. The third-order valence-electron chi connectivity index (χ3n) is 4.86. The summed E-state index contributed by atoms with van der Waals surface area (Å²) in [6.07, 6.45) is 4.03. The van der Waals surface area contributed by atoms with Crippen molar-refractivity contribution in [1.82, 2.24) is 15.1 Å². The molecule has 140 valence electrons. The molecule has 0 spiro atoms. The van der Waals surface area contributed by atoms with Gasteiger partial charge in [-0.3, -0.25) is 4.79 Å². The average molecular weight is 349 g/mol. The summed E-state index contributed by atoms with van der Waals surface area (Å²) < 4.78 is 5.40. The molecule has 1 N–H and O–H groups in total. The van der Waals surface area contributed by atoms with Crippen molar-refractivity contribution in [2.75, 3.05) is 26.7 Å². The van der Waals surface area contributed by atoms with E-state index in [2.05, 4.69) is 19.2 Å². The second kappa shape index (κ2) is 8.92. The van der Waals surface area contributed by atoms with E-state index >= 15 is 0 Å². The standard InChI is InChI=1S/C19H31N3O3/c1-14(2)12-20-19(24)22-9-5-7-16(13-22)11-18(23)21(4)15(3)17-8-6-10-25-17/h6,8,10,14-16H,5,7,9,11-13H2,1-4H3,(H,20,24). The number of nitrogens with zero attached hydrogens (tertiary/aromatic N) is 2. The summed E-state index contributed by atoms with van der Waals surface area (Å²) in [6.45, 7) is 8.22. The Morgan fingerprint density at radius 1 is 1.40 bits per heavy atom. The lowest BCUT2D eigenvalue weighted by molar-refractivity contribution is -0.133. The number of nitrogens with one attached hydrogen (secondary N) is 1. The van der Waals surface area contributed by atoms with Crippen LogP contribution in [0.2, 0.25) is 0 Å². The van der Waals surface area contributed by atoms with E-state index in [1.54, 1.807) is 11.2 Å². The highest BCUT2D eigenvalue weighted by Gasteiger charge is 2.28. The van der Waals surface area contributed by atoms with Crippen molar-refractivity contribution in [3.8, 4) is 0 Å². The van der Waals surface area contributed by atoms with Crippen LogP contribution in [0.15, 0.2) is 22.8 Å². The molecule has 3 amide bonds. The fraction of sp³-hybridized carbons (Fsp3) is 0.684. The Morgan fingerprint density at radius 3 is 2.80 bits per heavy atom. The number of carbonyl (C=O) groups is 2. The Balaban J connectivity index is 1.84. The van der Waals surface area contributed by atoms with E-state index in [9.17, 15) is 9.59 Å². The topological polar surface area (TPSA) is 65.8 Å². The minimum atomic E-state index is -0.0865. The Labute approximate surface area is 150 Å². The smallest absolute Gasteiger partial charge is 0.317 e. The van der Waals surface area contributed by atoms with Gasteiger partial charge in [0.2, 0.25) is 5.91 Å². The van der Waals surface area contributed by atoms with Gasteiger partial charge in [0.25, 0.3) is 0 Å². The van der Waals surface area contributed by atoms with Gasteiger partial charge in [-0.1, -0.05) is 13.8 Å². The van der Waals surface area contributed by atoms with E-state index in [1.807, 2.05) is 31.0 Å². The van der Waals surface area contributed by atoms with E-state index in [-0.39, 0.29) is 23.9 Å². The van der Waals surface area contributed by atoms with Crippen LogP contribution in [0.25, 0.3) is 0 Å². The van der Waals surface area contributed by atoms with Gasteiger partial charge in [-0.05, 0) is 43.7 Å². The van der Waals surface area contributed by atoms with Crippen molar-refractivity contribution >= 4 is 11.9 Å². The summed E-state index contributed by atoms with van der Waals surface area (Å²) >= 11 is 0. The highest BCUT2D eigenvalue weighted by atomic mass is 16.3. The summed E-state index contributed by atoms with van der Waals surface area (Å²) in [5.41, 5.74) is 0. The monoisotopic (exact) mass is 349 g/mol. The molecule has 25 heavy (non-hydrogen) atoms. The fourth-order valence-electron chi connectivity index (χ4n) is 3.15. The number of furan rings is 1. The molecule has 1 aliphatic rings. The van der Waals surface area contributed by atoms with Gasteiger partial charge in [-0.15, -0.1) is 0 Å². The van der Waals surface area contributed by atoms with Gasteiger partial charge >= 0.3 is 6.03 Å². The normalized spacial score (nSPS) is 18.9. The zero-order valence-electron chi connectivity index (χ0n) is 15.8. The molecule has 0 aliphatic carbocycles. The van der Waals surface area contributed by atoms with Crippen LogP contribution < -0.4 is 5.32 Å². The van der Waals surface area contributed by atoms with Crippen LogP contribution in [-0.2, 0) is 4.79 Å². The first-order valence-electron chi connectivity index (χ1n) is 9.20. The van der Waals surface area contributed by atoms with Crippen LogP contribution in [0.4, 0.5) is 4.79 Å². The molecule has 0 radical (unpaired) electrons. The Hall–Kier alpha value is -1.98. The summed E-state index contributed by atoms with van der Waals surface area (Å²) in [4.78, 5) is 28.4. The van der Waals surface area contributed by atoms with Crippen LogP contribution in [0, 0.1) is 11.8 Å².